The summed E-state index contributed by atoms with van der Waals surface area (Å²) in [5.74, 6) is 5.32. The highest BCUT2D eigenvalue weighted by Gasteiger charge is 2.00. The van der Waals surface area contributed by atoms with Gasteiger partial charge in [-0.05, 0) is 24.5 Å². The second kappa shape index (κ2) is 4.24. The highest BCUT2D eigenvalue weighted by atomic mass is 15.2. The van der Waals surface area contributed by atoms with Gasteiger partial charge in [-0.1, -0.05) is 31.2 Å². The van der Waals surface area contributed by atoms with Crippen LogP contribution in [0.5, 0.6) is 0 Å². The van der Waals surface area contributed by atoms with E-state index in [1.165, 1.54) is 11.1 Å². The van der Waals surface area contributed by atoms with E-state index < -0.39 is 0 Å². The zero-order chi connectivity index (χ0) is 8.97. The van der Waals surface area contributed by atoms with Gasteiger partial charge in [0.1, 0.15) is 0 Å². The van der Waals surface area contributed by atoms with Crippen molar-refractivity contribution in [3.8, 4) is 0 Å². The number of hydrogen-bond donors (Lipinski definition) is 2. The second-order valence-electron chi connectivity index (χ2n) is 2.98. The van der Waals surface area contributed by atoms with Gasteiger partial charge in [-0.2, -0.15) is 0 Å². The Morgan fingerprint density at radius 2 is 1.92 bits per heavy atom. The van der Waals surface area contributed by atoms with Crippen LogP contribution in [0.1, 0.15) is 31.0 Å². The quantitative estimate of drug-likeness (QED) is 0.528. The molecule has 0 saturated carbocycles. The Labute approximate surface area is 73.8 Å². The molecule has 2 heteroatoms. The lowest BCUT2D eigenvalue weighted by molar-refractivity contribution is 0.602. The molecule has 0 aliphatic carbocycles. The van der Waals surface area contributed by atoms with Crippen LogP contribution in [0.25, 0.3) is 0 Å². The van der Waals surface area contributed by atoms with Crippen LogP contribution in [0, 0.1) is 0 Å². The van der Waals surface area contributed by atoms with Crippen molar-refractivity contribution in [3.63, 3.8) is 0 Å². The first-order chi connectivity index (χ1) is 5.77. The van der Waals surface area contributed by atoms with Crippen LogP contribution >= 0.6 is 0 Å². The van der Waals surface area contributed by atoms with Crippen LogP contribution in [0.4, 0.5) is 0 Å². The monoisotopic (exact) mass is 164 g/mol. The number of aryl methyl sites for hydroxylation is 1. The average Bonchev–Trinajstić information content (AvgIpc) is 2.17. The first-order valence-electron chi connectivity index (χ1n) is 4.33. The first-order valence-corrected chi connectivity index (χ1v) is 4.33. The van der Waals surface area contributed by atoms with E-state index >= 15 is 0 Å². The van der Waals surface area contributed by atoms with Gasteiger partial charge in [0.2, 0.25) is 0 Å². The number of nitrogens with two attached hydrogens (primary N) is 1. The van der Waals surface area contributed by atoms with Gasteiger partial charge in [0.05, 0.1) is 0 Å². The van der Waals surface area contributed by atoms with E-state index in [1.807, 2.05) is 6.92 Å². The van der Waals surface area contributed by atoms with Crippen LogP contribution in [0.2, 0.25) is 0 Å². The number of nitrogens with one attached hydrogen (secondary N) is 1. The van der Waals surface area contributed by atoms with Crippen molar-refractivity contribution < 1.29 is 0 Å². The molecule has 0 fully saturated rings. The number of hydrazine groups is 1. The minimum Gasteiger partial charge on any atom is -0.271 e. The predicted molar refractivity (Wildman–Crippen MR) is 51.6 cm³/mol. The lowest BCUT2D eigenvalue weighted by atomic mass is 10.1. The summed E-state index contributed by atoms with van der Waals surface area (Å²) in [4.78, 5) is 0. The Balaban J connectivity index is 2.77. The molecule has 12 heavy (non-hydrogen) atoms. The third-order valence-corrected chi connectivity index (χ3v) is 2.14. The standard InChI is InChI=1S/C10H16N2/c1-3-9-4-6-10(7-5-9)8(2)12-11/h4-8,12H,3,11H2,1-2H3/t8-/m0/s1. The molecule has 0 amide bonds. The Kier molecular flexibility index (Phi) is 3.26. The summed E-state index contributed by atoms with van der Waals surface area (Å²) in [7, 11) is 0. The highest BCUT2D eigenvalue weighted by molar-refractivity contribution is 5.24. The van der Waals surface area contributed by atoms with E-state index in [1.54, 1.807) is 0 Å². The van der Waals surface area contributed by atoms with Gasteiger partial charge in [-0.25, -0.2) is 0 Å². The maximum Gasteiger partial charge on any atom is 0.0431 e. The average molecular weight is 164 g/mol. The summed E-state index contributed by atoms with van der Waals surface area (Å²) in [6.45, 7) is 4.20. The Hall–Kier alpha value is -0.860. The Morgan fingerprint density at radius 3 is 2.33 bits per heavy atom. The minimum absolute atomic E-state index is 0.232. The highest BCUT2D eigenvalue weighted by Crippen LogP contribution is 2.12. The maximum atomic E-state index is 5.32. The normalized spacial score (nSPS) is 12.9. The third-order valence-electron chi connectivity index (χ3n) is 2.14. The zero-order valence-corrected chi connectivity index (χ0v) is 7.67. The molecular weight excluding hydrogens is 148 g/mol. The molecule has 0 radical (unpaired) electrons. The van der Waals surface area contributed by atoms with Crippen LogP contribution < -0.4 is 11.3 Å². The molecule has 0 saturated heterocycles. The van der Waals surface area contributed by atoms with Crippen molar-refractivity contribution in [1.29, 1.82) is 0 Å². The molecule has 0 bridgehead atoms. The second-order valence-corrected chi connectivity index (χ2v) is 2.98. The molecule has 1 aromatic rings. The summed E-state index contributed by atoms with van der Waals surface area (Å²) in [6.07, 6.45) is 1.09. The van der Waals surface area contributed by atoms with Crippen LogP contribution in [0.3, 0.4) is 0 Å². The van der Waals surface area contributed by atoms with Gasteiger partial charge in [-0.3, -0.25) is 11.3 Å². The summed E-state index contributed by atoms with van der Waals surface area (Å²) in [5.41, 5.74) is 5.31. The van der Waals surface area contributed by atoms with Crippen LogP contribution in [-0.2, 0) is 6.42 Å². The number of hydrogen-bond acceptors (Lipinski definition) is 2. The third kappa shape index (κ3) is 2.06. The van der Waals surface area contributed by atoms with Gasteiger partial charge in [0.15, 0.2) is 0 Å². The van der Waals surface area contributed by atoms with E-state index in [-0.39, 0.29) is 6.04 Å². The number of rotatable bonds is 3. The van der Waals surface area contributed by atoms with E-state index in [0.717, 1.165) is 6.42 Å². The summed E-state index contributed by atoms with van der Waals surface area (Å²) in [6, 6.07) is 8.75. The molecule has 1 atom stereocenters. The van der Waals surface area contributed by atoms with E-state index in [9.17, 15) is 0 Å². The topological polar surface area (TPSA) is 38.0 Å². The van der Waals surface area contributed by atoms with E-state index in [0.29, 0.717) is 0 Å². The SMILES string of the molecule is CCc1ccc([C@H](C)NN)cc1. The molecule has 0 aromatic heterocycles. The first kappa shape index (κ1) is 9.23. The zero-order valence-electron chi connectivity index (χ0n) is 7.67. The Morgan fingerprint density at radius 1 is 1.33 bits per heavy atom. The van der Waals surface area contributed by atoms with Gasteiger partial charge < -0.3 is 0 Å². The molecule has 3 N–H and O–H groups in total. The molecule has 0 aliphatic rings. The van der Waals surface area contributed by atoms with Crippen molar-refractivity contribution in [2.45, 2.75) is 26.3 Å². The molecular formula is C10H16N2. The fourth-order valence-corrected chi connectivity index (χ4v) is 1.14. The van der Waals surface area contributed by atoms with Crippen molar-refractivity contribution in [3.05, 3.63) is 35.4 Å². The van der Waals surface area contributed by atoms with Gasteiger partial charge >= 0.3 is 0 Å². The van der Waals surface area contributed by atoms with Crippen molar-refractivity contribution in [2.75, 3.05) is 0 Å². The van der Waals surface area contributed by atoms with Crippen molar-refractivity contribution in [1.82, 2.24) is 5.43 Å². The molecule has 66 valence electrons. The Bertz CT molecular complexity index is 228. The van der Waals surface area contributed by atoms with Crippen molar-refractivity contribution in [2.24, 2.45) is 5.84 Å². The van der Waals surface area contributed by atoms with Crippen LogP contribution in [-0.4, -0.2) is 0 Å². The fourth-order valence-electron chi connectivity index (χ4n) is 1.14. The summed E-state index contributed by atoms with van der Waals surface area (Å²) in [5, 5.41) is 0. The maximum absolute atomic E-state index is 5.32. The van der Waals surface area contributed by atoms with E-state index in [4.69, 9.17) is 5.84 Å². The lowest BCUT2D eigenvalue weighted by Crippen LogP contribution is -2.25. The van der Waals surface area contributed by atoms with Gasteiger partial charge in [0.25, 0.3) is 0 Å². The largest absolute Gasteiger partial charge is 0.271 e. The minimum atomic E-state index is 0.232. The molecule has 0 aliphatic heterocycles. The molecule has 2 nitrogen and oxygen atoms in total. The smallest absolute Gasteiger partial charge is 0.0431 e. The number of benzene rings is 1. The molecule has 0 heterocycles. The molecule has 1 aromatic carbocycles. The lowest BCUT2D eigenvalue weighted by Gasteiger charge is -2.10. The summed E-state index contributed by atoms with van der Waals surface area (Å²) < 4.78 is 0. The van der Waals surface area contributed by atoms with Crippen LogP contribution in [0.15, 0.2) is 24.3 Å². The molecule has 0 unspecified atom stereocenters. The summed E-state index contributed by atoms with van der Waals surface area (Å²) >= 11 is 0. The van der Waals surface area contributed by atoms with Gasteiger partial charge in [0, 0.05) is 6.04 Å². The van der Waals surface area contributed by atoms with Gasteiger partial charge in [-0.15, -0.1) is 0 Å². The molecule has 0 spiro atoms. The predicted octanol–water partition coefficient (Wildman–Crippen LogP) is 1.77. The molecule has 1 rings (SSSR count). The van der Waals surface area contributed by atoms with Crippen molar-refractivity contribution >= 4 is 0 Å². The van der Waals surface area contributed by atoms with E-state index in [2.05, 4.69) is 36.6 Å². The fraction of sp³-hybridized carbons (Fsp3) is 0.400.